The Balaban J connectivity index is 1.90. The van der Waals surface area contributed by atoms with E-state index in [0.29, 0.717) is 30.2 Å². The average molecular weight is 395 g/mol. The summed E-state index contributed by atoms with van der Waals surface area (Å²) in [4.78, 5) is 0. The van der Waals surface area contributed by atoms with Crippen LogP contribution in [0, 0.1) is 23.7 Å². The Morgan fingerprint density at radius 2 is 1.82 bits per heavy atom. The highest BCUT2D eigenvalue weighted by molar-refractivity contribution is 5.52. The van der Waals surface area contributed by atoms with Crippen molar-refractivity contribution in [1.82, 2.24) is 0 Å². The Hall–Kier alpha value is -1.32. The average Bonchev–Trinajstić information content (AvgIpc) is 2.62. The SMILES string of the molecule is CCCCCC(C)C(C)c1cc(O)c2c(c1)OC(F)(F)C1CC(C)C(C)CC21. The molecule has 0 saturated heterocycles. The number of phenols is 1. The number of hydrogen-bond donors (Lipinski definition) is 1. The Labute approximate surface area is 168 Å². The minimum atomic E-state index is -3.17. The van der Waals surface area contributed by atoms with Gasteiger partial charge in [-0.25, -0.2) is 0 Å². The monoisotopic (exact) mass is 394 g/mol. The van der Waals surface area contributed by atoms with E-state index >= 15 is 0 Å². The Morgan fingerprint density at radius 3 is 2.50 bits per heavy atom. The van der Waals surface area contributed by atoms with Crippen molar-refractivity contribution in [3.8, 4) is 11.5 Å². The van der Waals surface area contributed by atoms with Crippen LogP contribution in [0.3, 0.4) is 0 Å². The van der Waals surface area contributed by atoms with Gasteiger partial charge in [-0.2, -0.15) is 8.78 Å². The van der Waals surface area contributed by atoms with E-state index in [0.717, 1.165) is 12.0 Å². The number of unbranched alkanes of at least 4 members (excludes halogenated alkanes) is 2. The number of ether oxygens (including phenoxy) is 1. The van der Waals surface area contributed by atoms with Crippen LogP contribution in [0.4, 0.5) is 8.78 Å². The summed E-state index contributed by atoms with van der Waals surface area (Å²) in [5.41, 5.74) is 1.50. The van der Waals surface area contributed by atoms with Gasteiger partial charge in [0, 0.05) is 11.5 Å². The van der Waals surface area contributed by atoms with E-state index in [1.165, 1.54) is 19.3 Å². The molecule has 1 heterocycles. The number of fused-ring (bicyclic) bond motifs is 3. The van der Waals surface area contributed by atoms with Crippen molar-refractivity contribution in [2.24, 2.45) is 23.7 Å². The van der Waals surface area contributed by atoms with Crippen molar-refractivity contribution < 1.29 is 18.6 Å². The van der Waals surface area contributed by atoms with Crippen LogP contribution in [-0.4, -0.2) is 11.2 Å². The summed E-state index contributed by atoms with van der Waals surface area (Å²) in [5, 5.41) is 10.8. The fraction of sp³-hybridized carbons (Fsp3) is 0.750. The lowest BCUT2D eigenvalue weighted by atomic mass is 9.65. The van der Waals surface area contributed by atoms with E-state index < -0.39 is 12.0 Å². The lowest BCUT2D eigenvalue weighted by molar-refractivity contribution is -0.241. The predicted molar refractivity (Wildman–Crippen MR) is 109 cm³/mol. The zero-order valence-electron chi connectivity index (χ0n) is 18.0. The fourth-order valence-electron chi connectivity index (χ4n) is 5.15. The van der Waals surface area contributed by atoms with Crippen LogP contribution >= 0.6 is 0 Å². The van der Waals surface area contributed by atoms with Gasteiger partial charge in [-0.3, -0.25) is 0 Å². The summed E-state index contributed by atoms with van der Waals surface area (Å²) in [5.74, 6) is 0.347. The molecule has 0 aromatic heterocycles. The molecule has 1 aliphatic heterocycles. The number of rotatable bonds is 6. The third-order valence-corrected chi connectivity index (χ3v) is 7.54. The minimum absolute atomic E-state index is 0.132. The van der Waals surface area contributed by atoms with E-state index in [-0.39, 0.29) is 29.3 Å². The minimum Gasteiger partial charge on any atom is -0.508 e. The molecule has 3 rings (SSSR count). The number of alkyl halides is 2. The standard InChI is InChI=1S/C24H36F2O2/c1-6-7-8-9-14(2)17(5)18-12-21(27)23-19-10-15(3)16(4)11-20(19)24(25,26)28-22(23)13-18/h12-17,19-20,27H,6-11H2,1-5H3. The van der Waals surface area contributed by atoms with Crippen molar-refractivity contribution in [2.45, 2.75) is 91.1 Å². The second-order valence-corrected chi connectivity index (χ2v) is 9.52. The summed E-state index contributed by atoms with van der Waals surface area (Å²) in [6.45, 7) is 10.7. The molecule has 1 fully saturated rings. The van der Waals surface area contributed by atoms with Gasteiger partial charge in [0.25, 0.3) is 0 Å². The zero-order valence-corrected chi connectivity index (χ0v) is 18.0. The van der Waals surface area contributed by atoms with Gasteiger partial charge in [-0.05, 0) is 54.2 Å². The van der Waals surface area contributed by atoms with E-state index in [1.807, 2.05) is 6.92 Å². The van der Waals surface area contributed by atoms with Gasteiger partial charge in [0.05, 0.1) is 5.92 Å². The summed E-state index contributed by atoms with van der Waals surface area (Å²) in [7, 11) is 0. The van der Waals surface area contributed by atoms with Gasteiger partial charge in [-0.15, -0.1) is 0 Å². The number of aromatic hydroxyl groups is 1. The molecule has 0 spiro atoms. The van der Waals surface area contributed by atoms with Crippen LogP contribution in [0.5, 0.6) is 11.5 Å². The molecule has 2 aliphatic rings. The van der Waals surface area contributed by atoms with Crippen LogP contribution < -0.4 is 4.74 Å². The van der Waals surface area contributed by atoms with E-state index in [1.54, 1.807) is 12.1 Å². The molecule has 0 amide bonds. The zero-order chi connectivity index (χ0) is 20.6. The molecule has 0 radical (unpaired) electrons. The van der Waals surface area contributed by atoms with Crippen LogP contribution in [0.25, 0.3) is 0 Å². The van der Waals surface area contributed by atoms with Crippen molar-refractivity contribution >= 4 is 0 Å². The first-order chi connectivity index (χ1) is 13.2. The van der Waals surface area contributed by atoms with E-state index in [9.17, 15) is 13.9 Å². The van der Waals surface area contributed by atoms with Crippen molar-refractivity contribution in [3.63, 3.8) is 0 Å². The maximum Gasteiger partial charge on any atom is 0.401 e. The van der Waals surface area contributed by atoms with Crippen LogP contribution in [0.2, 0.25) is 0 Å². The van der Waals surface area contributed by atoms with E-state index in [2.05, 4.69) is 27.7 Å². The first kappa shape index (κ1) is 21.4. The molecule has 0 bridgehead atoms. The maximum absolute atomic E-state index is 14.8. The summed E-state index contributed by atoms with van der Waals surface area (Å²) in [6.07, 6.45) is 2.60. The molecule has 28 heavy (non-hydrogen) atoms. The van der Waals surface area contributed by atoms with Gasteiger partial charge in [-0.1, -0.05) is 60.3 Å². The smallest absolute Gasteiger partial charge is 0.401 e. The topological polar surface area (TPSA) is 29.5 Å². The lowest BCUT2D eigenvalue weighted by Gasteiger charge is -2.46. The fourth-order valence-corrected chi connectivity index (χ4v) is 5.15. The Bertz CT molecular complexity index is 687. The van der Waals surface area contributed by atoms with Gasteiger partial charge >= 0.3 is 6.11 Å². The first-order valence-electron chi connectivity index (χ1n) is 11.1. The van der Waals surface area contributed by atoms with Gasteiger partial charge < -0.3 is 9.84 Å². The van der Waals surface area contributed by atoms with Crippen LogP contribution in [-0.2, 0) is 0 Å². The molecule has 4 heteroatoms. The lowest BCUT2D eigenvalue weighted by Crippen LogP contribution is -2.46. The van der Waals surface area contributed by atoms with Gasteiger partial charge in [0.15, 0.2) is 0 Å². The van der Waals surface area contributed by atoms with Gasteiger partial charge in [0.1, 0.15) is 11.5 Å². The van der Waals surface area contributed by atoms with Crippen molar-refractivity contribution in [3.05, 3.63) is 23.3 Å². The second kappa shape index (κ2) is 8.20. The third-order valence-electron chi connectivity index (χ3n) is 7.54. The summed E-state index contributed by atoms with van der Waals surface area (Å²) in [6, 6.07) is 3.56. The molecule has 1 N–H and O–H groups in total. The molecule has 2 nitrogen and oxygen atoms in total. The number of phenolic OH excluding ortho intramolecular Hbond substituents is 1. The highest BCUT2D eigenvalue weighted by Gasteiger charge is 2.55. The summed E-state index contributed by atoms with van der Waals surface area (Å²) < 4.78 is 34.9. The third kappa shape index (κ3) is 4.02. The normalized spacial score (nSPS) is 30.7. The molecule has 1 aliphatic carbocycles. The largest absolute Gasteiger partial charge is 0.508 e. The molecule has 6 unspecified atom stereocenters. The molecular formula is C24H36F2O2. The van der Waals surface area contributed by atoms with Crippen molar-refractivity contribution in [2.75, 3.05) is 0 Å². The highest BCUT2D eigenvalue weighted by atomic mass is 19.3. The van der Waals surface area contributed by atoms with Crippen LogP contribution in [0.15, 0.2) is 12.1 Å². The van der Waals surface area contributed by atoms with Crippen molar-refractivity contribution in [1.29, 1.82) is 0 Å². The van der Waals surface area contributed by atoms with Crippen LogP contribution in [0.1, 0.15) is 96.1 Å². The molecule has 158 valence electrons. The second-order valence-electron chi connectivity index (χ2n) is 9.52. The Kier molecular flexibility index (Phi) is 6.26. The predicted octanol–water partition coefficient (Wildman–Crippen LogP) is 7.46. The Morgan fingerprint density at radius 1 is 1.14 bits per heavy atom. The molecule has 1 aromatic carbocycles. The summed E-state index contributed by atoms with van der Waals surface area (Å²) >= 11 is 0. The highest BCUT2D eigenvalue weighted by Crippen LogP contribution is 2.58. The first-order valence-corrected chi connectivity index (χ1v) is 11.1. The molecule has 6 atom stereocenters. The molecule has 1 aromatic rings. The van der Waals surface area contributed by atoms with Gasteiger partial charge in [0.2, 0.25) is 0 Å². The quantitative estimate of drug-likeness (QED) is 0.507. The number of hydrogen-bond acceptors (Lipinski definition) is 2. The maximum atomic E-state index is 14.8. The number of halogens is 2. The number of benzene rings is 1. The molecular weight excluding hydrogens is 358 g/mol. The van der Waals surface area contributed by atoms with E-state index in [4.69, 9.17) is 4.74 Å². The molecule has 1 saturated carbocycles.